The fourth-order valence-corrected chi connectivity index (χ4v) is 2.82. The minimum Gasteiger partial charge on any atom is -0.344 e. The summed E-state index contributed by atoms with van der Waals surface area (Å²) in [4.78, 5) is 14.1. The van der Waals surface area contributed by atoms with Crippen molar-refractivity contribution in [2.75, 3.05) is 13.6 Å². The minimum absolute atomic E-state index is 0.0238. The van der Waals surface area contributed by atoms with Crippen molar-refractivity contribution < 1.29 is 4.79 Å². The van der Waals surface area contributed by atoms with Crippen molar-refractivity contribution in [3.8, 4) is 0 Å². The number of amides is 1. The third kappa shape index (κ3) is 3.57. The zero-order valence-electron chi connectivity index (χ0n) is 11.9. The Morgan fingerprint density at radius 2 is 1.89 bits per heavy atom. The topological polar surface area (TPSA) is 46.3 Å². The van der Waals surface area contributed by atoms with Gasteiger partial charge in [-0.15, -0.1) is 0 Å². The number of carbonyl (C=O) groups excluding carboxylic acids is 1. The average Bonchev–Trinajstić information content (AvgIpc) is 2.90. The van der Waals surface area contributed by atoms with Gasteiger partial charge in [-0.2, -0.15) is 0 Å². The van der Waals surface area contributed by atoms with Gasteiger partial charge in [0.15, 0.2) is 0 Å². The van der Waals surface area contributed by atoms with E-state index in [1.165, 1.54) is 31.2 Å². The van der Waals surface area contributed by atoms with Crippen molar-refractivity contribution >= 4 is 5.91 Å². The van der Waals surface area contributed by atoms with Gasteiger partial charge in [0.2, 0.25) is 5.91 Å². The first-order valence-corrected chi connectivity index (χ1v) is 7.15. The lowest BCUT2D eigenvalue weighted by Gasteiger charge is -2.24. The van der Waals surface area contributed by atoms with Gasteiger partial charge in [0.05, 0.1) is 0 Å². The van der Waals surface area contributed by atoms with Gasteiger partial charge in [-0.05, 0) is 31.2 Å². The van der Waals surface area contributed by atoms with Gasteiger partial charge in [-0.1, -0.05) is 42.7 Å². The summed E-state index contributed by atoms with van der Waals surface area (Å²) in [6.45, 7) is 2.88. The summed E-state index contributed by atoms with van der Waals surface area (Å²) in [5.41, 5.74) is 8.15. The van der Waals surface area contributed by atoms with E-state index in [-0.39, 0.29) is 5.91 Å². The molecule has 1 aliphatic carbocycles. The highest BCUT2D eigenvalue weighted by Gasteiger charge is 2.23. The predicted octanol–water partition coefficient (Wildman–Crippen LogP) is 2.64. The van der Waals surface area contributed by atoms with Gasteiger partial charge in [0.25, 0.3) is 0 Å². The molecule has 1 unspecified atom stereocenters. The van der Waals surface area contributed by atoms with E-state index in [0.29, 0.717) is 5.92 Å². The molecule has 3 heteroatoms. The van der Waals surface area contributed by atoms with Gasteiger partial charge in [0, 0.05) is 13.6 Å². The maximum Gasteiger partial charge on any atom is 0.243 e. The number of benzene rings is 1. The molecule has 0 heterocycles. The molecule has 104 valence electrons. The van der Waals surface area contributed by atoms with Crippen molar-refractivity contribution in [1.82, 2.24) is 4.90 Å². The first-order valence-electron chi connectivity index (χ1n) is 7.15. The van der Waals surface area contributed by atoms with Gasteiger partial charge in [-0.3, -0.25) is 4.79 Å². The predicted molar refractivity (Wildman–Crippen MR) is 77.7 cm³/mol. The molecule has 1 atom stereocenters. The first-order chi connectivity index (χ1) is 9.08. The summed E-state index contributed by atoms with van der Waals surface area (Å²) in [6.07, 6.45) is 5.10. The summed E-state index contributed by atoms with van der Waals surface area (Å²) in [5, 5.41) is 0. The molecule has 1 aliphatic rings. The molecule has 1 fully saturated rings. The largest absolute Gasteiger partial charge is 0.344 e. The molecule has 0 aromatic heterocycles. The van der Waals surface area contributed by atoms with Crippen molar-refractivity contribution in [2.24, 2.45) is 11.7 Å². The van der Waals surface area contributed by atoms with Crippen molar-refractivity contribution in [3.05, 3.63) is 35.4 Å². The Morgan fingerprint density at radius 3 is 2.47 bits per heavy atom. The normalized spacial score (nSPS) is 17.4. The van der Waals surface area contributed by atoms with Crippen LogP contribution in [0.2, 0.25) is 0 Å². The Kier molecular flexibility index (Phi) is 4.59. The highest BCUT2D eigenvalue weighted by Crippen LogP contribution is 2.25. The zero-order valence-corrected chi connectivity index (χ0v) is 11.9. The van der Waals surface area contributed by atoms with Crippen LogP contribution in [0, 0.1) is 12.8 Å². The van der Waals surface area contributed by atoms with E-state index in [0.717, 1.165) is 12.1 Å². The van der Waals surface area contributed by atoms with Crippen LogP contribution >= 0.6 is 0 Å². The Bertz CT molecular complexity index is 421. The lowest BCUT2D eigenvalue weighted by Crippen LogP contribution is -2.38. The molecule has 1 aromatic carbocycles. The van der Waals surface area contributed by atoms with Crippen LogP contribution in [-0.2, 0) is 4.79 Å². The van der Waals surface area contributed by atoms with E-state index < -0.39 is 6.04 Å². The lowest BCUT2D eigenvalue weighted by atomic mass is 10.0. The maximum atomic E-state index is 12.3. The van der Waals surface area contributed by atoms with Crippen LogP contribution in [-0.4, -0.2) is 24.4 Å². The van der Waals surface area contributed by atoms with Crippen LogP contribution in [0.25, 0.3) is 0 Å². The third-order valence-electron chi connectivity index (χ3n) is 4.09. The molecule has 0 spiro atoms. The average molecular weight is 260 g/mol. The molecule has 0 radical (unpaired) electrons. The second-order valence-electron chi connectivity index (χ2n) is 5.76. The summed E-state index contributed by atoms with van der Waals surface area (Å²) in [5.74, 6) is 0.690. The van der Waals surface area contributed by atoms with E-state index in [4.69, 9.17) is 5.73 Å². The van der Waals surface area contributed by atoms with Crippen molar-refractivity contribution in [1.29, 1.82) is 0 Å². The highest BCUT2D eigenvalue weighted by atomic mass is 16.2. The van der Waals surface area contributed by atoms with Crippen LogP contribution in [0.15, 0.2) is 24.3 Å². The van der Waals surface area contributed by atoms with E-state index >= 15 is 0 Å². The number of rotatable bonds is 4. The van der Waals surface area contributed by atoms with Gasteiger partial charge < -0.3 is 10.6 Å². The molecule has 0 saturated heterocycles. The first kappa shape index (κ1) is 14.1. The minimum atomic E-state index is -0.535. The third-order valence-corrected chi connectivity index (χ3v) is 4.09. The molecular formula is C16H24N2O. The number of aryl methyl sites for hydroxylation is 1. The number of nitrogens with zero attached hydrogens (tertiary/aromatic N) is 1. The molecule has 0 aliphatic heterocycles. The molecule has 2 N–H and O–H groups in total. The fourth-order valence-electron chi connectivity index (χ4n) is 2.82. The SMILES string of the molecule is Cc1ccc(C(N)C(=O)N(C)CC2CCCC2)cc1. The number of carbonyl (C=O) groups is 1. The Balaban J connectivity index is 1.95. The van der Waals surface area contributed by atoms with Gasteiger partial charge in [0.1, 0.15) is 6.04 Å². The smallest absolute Gasteiger partial charge is 0.243 e. The molecule has 1 amide bonds. The van der Waals surface area contributed by atoms with Crippen LogP contribution in [0.1, 0.15) is 42.9 Å². The molecule has 1 aromatic rings. The second kappa shape index (κ2) is 6.20. The monoisotopic (exact) mass is 260 g/mol. The quantitative estimate of drug-likeness (QED) is 0.904. The summed E-state index contributed by atoms with van der Waals surface area (Å²) in [6, 6.07) is 7.36. The van der Waals surface area contributed by atoms with Gasteiger partial charge in [-0.25, -0.2) is 0 Å². The Labute approximate surface area is 115 Å². The Hall–Kier alpha value is -1.35. The number of likely N-dealkylation sites (N-methyl/N-ethyl adjacent to an activating group) is 1. The van der Waals surface area contributed by atoms with Crippen molar-refractivity contribution in [3.63, 3.8) is 0 Å². The molecular weight excluding hydrogens is 236 g/mol. The number of hydrogen-bond donors (Lipinski definition) is 1. The number of hydrogen-bond acceptors (Lipinski definition) is 2. The standard InChI is InChI=1S/C16H24N2O/c1-12-7-9-14(10-8-12)15(17)16(19)18(2)11-13-5-3-4-6-13/h7-10,13,15H,3-6,11,17H2,1-2H3. The molecule has 0 bridgehead atoms. The van der Waals surface area contributed by atoms with E-state index in [2.05, 4.69) is 0 Å². The summed E-state index contributed by atoms with van der Waals surface area (Å²) < 4.78 is 0. The number of nitrogens with two attached hydrogens (primary N) is 1. The highest BCUT2D eigenvalue weighted by molar-refractivity contribution is 5.82. The van der Waals surface area contributed by atoms with Gasteiger partial charge >= 0.3 is 0 Å². The second-order valence-corrected chi connectivity index (χ2v) is 5.76. The fraction of sp³-hybridized carbons (Fsp3) is 0.562. The van der Waals surface area contributed by atoms with E-state index in [1.54, 1.807) is 4.90 Å². The Morgan fingerprint density at radius 1 is 1.32 bits per heavy atom. The molecule has 1 saturated carbocycles. The zero-order chi connectivity index (χ0) is 13.8. The van der Waals surface area contributed by atoms with Crippen LogP contribution in [0.4, 0.5) is 0 Å². The summed E-state index contributed by atoms with van der Waals surface area (Å²) in [7, 11) is 1.87. The van der Waals surface area contributed by atoms with Crippen molar-refractivity contribution in [2.45, 2.75) is 38.6 Å². The molecule has 19 heavy (non-hydrogen) atoms. The summed E-state index contributed by atoms with van der Waals surface area (Å²) >= 11 is 0. The van der Waals surface area contributed by atoms with Crippen LogP contribution in [0.3, 0.4) is 0 Å². The maximum absolute atomic E-state index is 12.3. The van der Waals surface area contributed by atoms with Crippen LogP contribution < -0.4 is 5.73 Å². The lowest BCUT2D eigenvalue weighted by molar-refractivity contribution is -0.132. The van der Waals surface area contributed by atoms with E-state index in [9.17, 15) is 4.79 Å². The van der Waals surface area contributed by atoms with E-state index in [1.807, 2.05) is 38.2 Å². The molecule has 3 nitrogen and oxygen atoms in total. The molecule has 2 rings (SSSR count). The van der Waals surface area contributed by atoms with Crippen LogP contribution in [0.5, 0.6) is 0 Å².